The first kappa shape index (κ1) is 37.5. The summed E-state index contributed by atoms with van der Waals surface area (Å²) in [6.07, 6.45) is 5.04. The van der Waals surface area contributed by atoms with Gasteiger partial charge in [0.15, 0.2) is 5.96 Å². The monoisotopic (exact) mass is 633 g/mol. The second-order valence-corrected chi connectivity index (χ2v) is 12.1. The molecule has 0 spiro atoms. The van der Waals surface area contributed by atoms with Crippen molar-refractivity contribution >= 4 is 35.7 Å². The number of hydrogen-bond donors (Lipinski definition) is 6. The van der Waals surface area contributed by atoms with Gasteiger partial charge in [0.2, 0.25) is 23.6 Å². The van der Waals surface area contributed by atoms with E-state index in [1.54, 1.807) is 6.08 Å². The van der Waals surface area contributed by atoms with E-state index >= 15 is 0 Å². The lowest BCUT2D eigenvalue weighted by atomic mass is 9.99. The topological polar surface area (TPSA) is 181 Å². The lowest BCUT2D eigenvalue weighted by Crippen LogP contribution is -2.57. The van der Waals surface area contributed by atoms with Crippen LogP contribution in [-0.2, 0) is 25.6 Å². The van der Waals surface area contributed by atoms with Gasteiger partial charge in [0.1, 0.15) is 12.1 Å². The van der Waals surface area contributed by atoms with Crippen LogP contribution in [0.25, 0.3) is 6.08 Å². The van der Waals surface area contributed by atoms with E-state index in [9.17, 15) is 19.2 Å². The number of rotatable bonds is 19. The molecule has 2 aromatic carbocycles. The van der Waals surface area contributed by atoms with Crippen molar-refractivity contribution in [2.45, 2.75) is 77.9 Å². The molecule has 11 nitrogen and oxygen atoms in total. The molecule has 0 aliphatic heterocycles. The Labute approximate surface area is 273 Å². The van der Waals surface area contributed by atoms with E-state index in [-0.39, 0.29) is 60.9 Å². The largest absolute Gasteiger partial charge is 0.370 e. The Balaban J connectivity index is 2.06. The van der Waals surface area contributed by atoms with Crippen LogP contribution in [0, 0.1) is 11.8 Å². The molecule has 0 fully saturated rings. The van der Waals surface area contributed by atoms with Gasteiger partial charge in [-0.2, -0.15) is 0 Å². The molecule has 3 atom stereocenters. The number of aryl methyl sites for hydroxylation is 1. The number of carbonyl (C=O) groups excluding carboxylic acids is 4. The molecule has 0 aromatic heterocycles. The van der Waals surface area contributed by atoms with E-state index in [1.807, 2.05) is 88.4 Å². The van der Waals surface area contributed by atoms with Crippen LogP contribution in [0.1, 0.15) is 64.5 Å². The van der Waals surface area contributed by atoms with Crippen LogP contribution >= 0.6 is 0 Å². The molecule has 0 aliphatic rings. The highest BCUT2D eigenvalue weighted by atomic mass is 16.2. The minimum Gasteiger partial charge on any atom is -0.370 e. The number of guanidine groups is 1. The zero-order valence-electron chi connectivity index (χ0n) is 27.5. The Bertz CT molecular complexity index is 1290. The van der Waals surface area contributed by atoms with Gasteiger partial charge in [-0.05, 0) is 54.7 Å². The third kappa shape index (κ3) is 15.4. The molecule has 0 aliphatic carbocycles. The summed E-state index contributed by atoms with van der Waals surface area (Å²) in [6, 6.07) is 17.0. The van der Waals surface area contributed by atoms with Crippen molar-refractivity contribution in [3.05, 3.63) is 77.9 Å². The molecule has 0 radical (unpaired) electrons. The SMILES string of the molecule is CC(C)C[C@@H](NC(=O)[C@@H](CCCN=C(N)N)NC(=O)CCc1ccccc1)C(=O)N[C@H](CNC(=O)C=Cc1ccccc1)C(C)C. The summed E-state index contributed by atoms with van der Waals surface area (Å²) in [6.45, 7) is 8.33. The molecule has 2 aromatic rings. The first-order valence-electron chi connectivity index (χ1n) is 15.9. The highest BCUT2D eigenvalue weighted by molar-refractivity contribution is 5.93. The van der Waals surface area contributed by atoms with Gasteiger partial charge in [0, 0.05) is 31.6 Å². The highest BCUT2D eigenvalue weighted by Gasteiger charge is 2.29. The summed E-state index contributed by atoms with van der Waals surface area (Å²) in [7, 11) is 0. The fraction of sp³-hybridized carbons (Fsp3) is 0.457. The van der Waals surface area contributed by atoms with Crippen molar-refractivity contribution in [2.75, 3.05) is 13.1 Å². The van der Waals surface area contributed by atoms with Crippen LogP contribution in [0.5, 0.6) is 0 Å². The predicted molar refractivity (Wildman–Crippen MR) is 183 cm³/mol. The number of amides is 4. The normalized spacial score (nSPS) is 13.1. The molecular formula is C35H51N7O4. The second-order valence-electron chi connectivity index (χ2n) is 12.1. The summed E-state index contributed by atoms with van der Waals surface area (Å²) in [4.78, 5) is 56.4. The Morgan fingerprint density at radius 1 is 0.826 bits per heavy atom. The van der Waals surface area contributed by atoms with Crippen molar-refractivity contribution in [3.63, 3.8) is 0 Å². The molecule has 2 rings (SSSR count). The van der Waals surface area contributed by atoms with Gasteiger partial charge < -0.3 is 32.7 Å². The van der Waals surface area contributed by atoms with E-state index in [0.29, 0.717) is 25.8 Å². The number of nitrogens with one attached hydrogen (secondary N) is 4. The molecule has 0 saturated carbocycles. The number of hydrogen-bond acceptors (Lipinski definition) is 5. The third-order valence-corrected chi connectivity index (χ3v) is 7.28. The van der Waals surface area contributed by atoms with E-state index in [0.717, 1.165) is 11.1 Å². The van der Waals surface area contributed by atoms with Gasteiger partial charge >= 0.3 is 0 Å². The molecule has 250 valence electrons. The maximum Gasteiger partial charge on any atom is 0.244 e. The van der Waals surface area contributed by atoms with Crippen LogP contribution in [0.2, 0.25) is 0 Å². The minimum atomic E-state index is -0.878. The van der Waals surface area contributed by atoms with E-state index in [1.165, 1.54) is 6.08 Å². The van der Waals surface area contributed by atoms with Crippen molar-refractivity contribution in [3.8, 4) is 0 Å². The lowest BCUT2D eigenvalue weighted by Gasteiger charge is -2.28. The maximum atomic E-state index is 13.5. The first-order valence-corrected chi connectivity index (χ1v) is 15.9. The molecular weight excluding hydrogens is 582 g/mol. The molecule has 11 heteroatoms. The van der Waals surface area contributed by atoms with Gasteiger partial charge in [-0.3, -0.25) is 24.2 Å². The second kappa shape index (κ2) is 20.4. The fourth-order valence-corrected chi connectivity index (χ4v) is 4.66. The van der Waals surface area contributed by atoms with Gasteiger partial charge in [-0.1, -0.05) is 88.4 Å². The van der Waals surface area contributed by atoms with Gasteiger partial charge in [-0.15, -0.1) is 0 Å². The highest BCUT2D eigenvalue weighted by Crippen LogP contribution is 2.10. The van der Waals surface area contributed by atoms with Crippen LogP contribution in [0.4, 0.5) is 0 Å². The zero-order chi connectivity index (χ0) is 33.9. The Morgan fingerprint density at radius 2 is 1.46 bits per heavy atom. The fourth-order valence-electron chi connectivity index (χ4n) is 4.66. The number of carbonyl (C=O) groups is 4. The maximum absolute atomic E-state index is 13.5. The average Bonchev–Trinajstić information content (AvgIpc) is 3.02. The van der Waals surface area contributed by atoms with Crippen molar-refractivity contribution < 1.29 is 19.2 Å². The molecule has 0 saturated heterocycles. The summed E-state index contributed by atoms with van der Waals surface area (Å²) in [5.74, 6) is -1.31. The van der Waals surface area contributed by atoms with E-state index in [4.69, 9.17) is 11.5 Å². The van der Waals surface area contributed by atoms with Crippen LogP contribution < -0.4 is 32.7 Å². The summed E-state index contributed by atoms with van der Waals surface area (Å²) in [5.41, 5.74) is 12.8. The van der Waals surface area contributed by atoms with Crippen LogP contribution in [-0.4, -0.2) is 60.8 Å². The molecule has 46 heavy (non-hydrogen) atoms. The number of nitrogens with zero attached hydrogens (tertiary/aromatic N) is 1. The van der Waals surface area contributed by atoms with E-state index < -0.39 is 18.0 Å². The van der Waals surface area contributed by atoms with Crippen molar-refractivity contribution in [1.29, 1.82) is 0 Å². The molecule has 0 heterocycles. The van der Waals surface area contributed by atoms with Crippen molar-refractivity contribution in [2.24, 2.45) is 28.3 Å². The number of aliphatic imine (C=N–C) groups is 1. The van der Waals surface area contributed by atoms with Crippen LogP contribution in [0.15, 0.2) is 71.7 Å². The Kier molecular flexibility index (Phi) is 16.6. The first-order chi connectivity index (χ1) is 21.9. The van der Waals surface area contributed by atoms with Gasteiger partial charge in [0.05, 0.1) is 0 Å². The van der Waals surface area contributed by atoms with Gasteiger partial charge in [0.25, 0.3) is 0 Å². The smallest absolute Gasteiger partial charge is 0.244 e. The van der Waals surface area contributed by atoms with Gasteiger partial charge in [-0.25, -0.2) is 0 Å². The third-order valence-electron chi connectivity index (χ3n) is 7.28. The Morgan fingerprint density at radius 3 is 2.07 bits per heavy atom. The average molecular weight is 634 g/mol. The quantitative estimate of drug-likeness (QED) is 0.0599. The molecule has 8 N–H and O–H groups in total. The zero-order valence-corrected chi connectivity index (χ0v) is 27.5. The molecule has 4 amide bonds. The lowest BCUT2D eigenvalue weighted by molar-refractivity contribution is -0.132. The summed E-state index contributed by atoms with van der Waals surface area (Å²) in [5, 5.41) is 11.6. The minimum absolute atomic E-state index is 0.00458. The summed E-state index contributed by atoms with van der Waals surface area (Å²) >= 11 is 0. The summed E-state index contributed by atoms with van der Waals surface area (Å²) < 4.78 is 0. The number of benzene rings is 2. The Hall–Kier alpha value is -4.67. The van der Waals surface area contributed by atoms with Crippen LogP contribution in [0.3, 0.4) is 0 Å². The van der Waals surface area contributed by atoms with Crippen molar-refractivity contribution in [1.82, 2.24) is 21.3 Å². The molecule has 0 bridgehead atoms. The standard InChI is InChI=1S/C35H51N7O4/c1-24(2)22-29(34(46)42-30(25(3)4)23-39-31(43)19-17-26-12-7-5-8-13-26)41-33(45)28(16-11-21-38-35(36)37)40-32(44)20-18-27-14-9-6-10-15-27/h5-10,12-15,17,19,24-25,28-30H,11,16,18,20-23H2,1-4H3,(H,39,43)(H,40,44)(H,41,45)(H,42,46)(H4,36,37,38)/t28-,29-,30-/m1/s1. The predicted octanol–water partition coefficient (Wildman–Crippen LogP) is 2.66. The number of nitrogens with two attached hydrogens (primary N) is 2. The van der Waals surface area contributed by atoms with E-state index in [2.05, 4.69) is 26.3 Å². The molecule has 0 unspecified atom stereocenters.